The van der Waals surface area contributed by atoms with Crippen molar-refractivity contribution in [2.24, 2.45) is 5.92 Å². The number of ether oxygens (including phenoxy) is 1. The standard InChI is InChI=1S/C16H22ClNO/c1-11-7-14(8-12(2)15(11)17)19-16(4-5-16)9-13-3-6-18-10-13/h7-8,13,18H,3-6,9-10H2,1-2H3. The van der Waals surface area contributed by atoms with Crippen molar-refractivity contribution >= 4 is 11.6 Å². The minimum absolute atomic E-state index is 0.114. The summed E-state index contributed by atoms with van der Waals surface area (Å²) in [6, 6.07) is 4.14. The van der Waals surface area contributed by atoms with Crippen LogP contribution in [0.1, 0.15) is 36.8 Å². The third-order valence-corrected chi connectivity index (χ3v) is 4.97. The largest absolute Gasteiger partial charge is 0.487 e. The van der Waals surface area contributed by atoms with Crippen LogP contribution >= 0.6 is 11.6 Å². The van der Waals surface area contributed by atoms with E-state index in [1.54, 1.807) is 0 Å². The van der Waals surface area contributed by atoms with Crippen molar-refractivity contribution in [3.63, 3.8) is 0 Å². The molecular weight excluding hydrogens is 258 g/mol. The molecule has 1 atom stereocenters. The van der Waals surface area contributed by atoms with Gasteiger partial charge in [-0.05, 0) is 81.8 Å². The number of aryl methyl sites for hydroxylation is 2. The summed E-state index contributed by atoms with van der Waals surface area (Å²) >= 11 is 6.21. The molecule has 1 N–H and O–H groups in total. The quantitative estimate of drug-likeness (QED) is 0.903. The Kier molecular flexibility index (Phi) is 3.48. The lowest BCUT2D eigenvalue weighted by Gasteiger charge is -2.22. The van der Waals surface area contributed by atoms with E-state index in [0.29, 0.717) is 0 Å². The van der Waals surface area contributed by atoms with E-state index in [9.17, 15) is 0 Å². The van der Waals surface area contributed by atoms with Gasteiger partial charge in [-0.3, -0.25) is 0 Å². The predicted molar refractivity (Wildman–Crippen MR) is 79.1 cm³/mol. The second kappa shape index (κ2) is 4.99. The molecule has 2 aliphatic rings. The maximum absolute atomic E-state index is 6.31. The Balaban J connectivity index is 1.70. The van der Waals surface area contributed by atoms with Crippen LogP contribution in [0.3, 0.4) is 0 Å². The van der Waals surface area contributed by atoms with Gasteiger partial charge in [-0.15, -0.1) is 0 Å². The molecule has 2 nitrogen and oxygen atoms in total. The van der Waals surface area contributed by atoms with Crippen molar-refractivity contribution in [3.8, 4) is 5.75 Å². The van der Waals surface area contributed by atoms with Gasteiger partial charge in [-0.1, -0.05) is 11.6 Å². The van der Waals surface area contributed by atoms with E-state index < -0.39 is 0 Å². The summed E-state index contributed by atoms with van der Waals surface area (Å²) in [4.78, 5) is 0. The van der Waals surface area contributed by atoms with Crippen LogP contribution in [0.15, 0.2) is 12.1 Å². The average Bonchev–Trinajstić information content (AvgIpc) is 2.90. The molecular formula is C16H22ClNO. The van der Waals surface area contributed by atoms with Crippen LogP contribution in [0.25, 0.3) is 0 Å². The van der Waals surface area contributed by atoms with Crippen LogP contribution in [-0.2, 0) is 0 Å². The number of rotatable bonds is 4. The first-order chi connectivity index (χ1) is 9.08. The van der Waals surface area contributed by atoms with Gasteiger partial charge in [-0.25, -0.2) is 0 Å². The highest BCUT2D eigenvalue weighted by Crippen LogP contribution is 2.46. The van der Waals surface area contributed by atoms with Crippen LogP contribution in [0, 0.1) is 19.8 Å². The van der Waals surface area contributed by atoms with Gasteiger partial charge in [0.05, 0.1) is 0 Å². The Morgan fingerprint density at radius 3 is 2.53 bits per heavy atom. The zero-order chi connectivity index (χ0) is 13.5. The highest BCUT2D eigenvalue weighted by molar-refractivity contribution is 6.32. The van der Waals surface area contributed by atoms with Crippen molar-refractivity contribution in [1.29, 1.82) is 0 Å². The van der Waals surface area contributed by atoms with E-state index in [1.807, 2.05) is 13.8 Å². The van der Waals surface area contributed by atoms with Gasteiger partial charge < -0.3 is 10.1 Å². The Bertz CT molecular complexity index is 453. The van der Waals surface area contributed by atoms with Crippen LogP contribution in [0.5, 0.6) is 5.75 Å². The fourth-order valence-electron chi connectivity index (χ4n) is 3.12. The number of benzene rings is 1. The Morgan fingerprint density at radius 1 is 1.32 bits per heavy atom. The normalized spacial score (nSPS) is 24.5. The van der Waals surface area contributed by atoms with Crippen molar-refractivity contribution < 1.29 is 4.74 Å². The van der Waals surface area contributed by atoms with Crippen LogP contribution in [-0.4, -0.2) is 18.7 Å². The molecule has 0 radical (unpaired) electrons. The van der Waals surface area contributed by atoms with Crippen LogP contribution in [0.2, 0.25) is 5.02 Å². The topological polar surface area (TPSA) is 21.3 Å². The highest BCUT2D eigenvalue weighted by Gasteiger charge is 2.47. The molecule has 1 saturated heterocycles. The Morgan fingerprint density at radius 2 is 2.00 bits per heavy atom. The molecule has 0 bridgehead atoms. The smallest absolute Gasteiger partial charge is 0.120 e. The monoisotopic (exact) mass is 279 g/mol. The summed E-state index contributed by atoms with van der Waals surface area (Å²) in [7, 11) is 0. The lowest BCUT2D eigenvalue weighted by atomic mass is 9.99. The maximum Gasteiger partial charge on any atom is 0.120 e. The van der Waals surface area contributed by atoms with E-state index in [4.69, 9.17) is 16.3 Å². The van der Waals surface area contributed by atoms with Crippen molar-refractivity contribution in [3.05, 3.63) is 28.3 Å². The first-order valence-electron chi connectivity index (χ1n) is 7.24. The average molecular weight is 280 g/mol. The maximum atomic E-state index is 6.31. The summed E-state index contributed by atoms with van der Waals surface area (Å²) in [5.41, 5.74) is 2.33. The van der Waals surface area contributed by atoms with E-state index >= 15 is 0 Å². The first kappa shape index (κ1) is 13.3. The third-order valence-electron chi connectivity index (χ3n) is 4.38. The molecule has 1 aliphatic carbocycles. The first-order valence-corrected chi connectivity index (χ1v) is 7.62. The lowest BCUT2D eigenvalue weighted by molar-refractivity contribution is 0.148. The van der Waals surface area contributed by atoms with E-state index in [0.717, 1.165) is 34.4 Å². The molecule has 1 saturated carbocycles. The highest BCUT2D eigenvalue weighted by atomic mass is 35.5. The third kappa shape index (κ3) is 2.90. The van der Waals surface area contributed by atoms with E-state index in [1.165, 1.54) is 32.2 Å². The Hall–Kier alpha value is -0.730. The van der Waals surface area contributed by atoms with Gasteiger partial charge in [0.2, 0.25) is 0 Å². The zero-order valence-electron chi connectivity index (χ0n) is 11.8. The van der Waals surface area contributed by atoms with Gasteiger partial charge in [-0.2, -0.15) is 0 Å². The SMILES string of the molecule is Cc1cc(OC2(CC3CCNC3)CC2)cc(C)c1Cl. The molecule has 0 spiro atoms. The van der Waals surface area contributed by atoms with Gasteiger partial charge in [0.1, 0.15) is 11.4 Å². The predicted octanol–water partition coefficient (Wildman–Crippen LogP) is 3.87. The van der Waals surface area contributed by atoms with Crippen molar-refractivity contribution in [1.82, 2.24) is 5.32 Å². The van der Waals surface area contributed by atoms with Gasteiger partial charge in [0.25, 0.3) is 0 Å². The van der Waals surface area contributed by atoms with Gasteiger partial charge in [0, 0.05) is 5.02 Å². The molecule has 1 aliphatic heterocycles. The minimum Gasteiger partial charge on any atom is -0.487 e. The molecule has 1 heterocycles. The molecule has 2 fully saturated rings. The molecule has 0 amide bonds. The molecule has 1 aromatic rings. The molecule has 0 aromatic heterocycles. The summed E-state index contributed by atoms with van der Waals surface area (Å²) in [6.07, 6.45) is 4.89. The summed E-state index contributed by atoms with van der Waals surface area (Å²) < 4.78 is 6.31. The van der Waals surface area contributed by atoms with Gasteiger partial charge in [0.15, 0.2) is 0 Å². The van der Waals surface area contributed by atoms with Crippen LogP contribution in [0.4, 0.5) is 0 Å². The molecule has 19 heavy (non-hydrogen) atoms. The molecule has 104 valence electrons. The number of nitrogens with one attached hydrogen (secondary N) is 1. The summed E-state index contributed by atoms with van der Waals surface area (Å²) in [5, 5.41) is 4.30. The molecule has 1 aromatic carbocycles. The second-order valence-corrected chi connectivity index (χ2v) is 6.60. The number of hydrogen-bond donors (Lipinski definition) is 1. The number of hydrogen-bond acceptors (Lipinski definition) is 2. The molecule has 3 rings (SSSR count). The molecule has 3 heteroatoms. The summed E-state index contributed by atoms with van der Waals surface area (Å²) in [5.74, 6) is 1.78. The molecule has 1 unspecified atom stereocenters. The number of halogens is 1. The summed E-state index contributed by atoms with van der Waals surface area (Å²) in [6.45, 7) is 6.41. The Labute approximate surface area is 120 Å². The fourth-order valence-corrected chi connectivity index (χ4v) is 3.23. The fraction of sp³-hybridized carbons (Fsp3) is 0.625. The second-order valence-electron chi connectivity index (χ2n) is 6.22. The minimum atomic E-state index is 0.114. The van der Waals surface area contributed by atoms with Crippen LogP contribution < -0.4 is 10.1 Å². The van der Waals surface area contributed by atoms with Crippen molar-refractivity contribution in [2.75, 3.05) is 13.1 Å². The van der Waals surface area contributed by atoms with E-state index in [-0.39, 0.29) is 5.60 Å². The van der Waals surface area contributed by atoms with E-state index in [2.05, 4.69) is 17.4 Å². The zero-order valence-corrected chi connectivity index (χ0v) is 12.5. The van der Waals surface area contributed by atoms with Gasteiger partial charge >= 0.3 is 0 Å². The lowest BCUT2D eigenvalue weighted by Crippen LogP contribution is -2.23. The van der Waals surface area contributed by atoms with Crippen molar-refractivity contribution in [2.45, 2.75) is 45.1 Å².